The SMILES string of the molecule is COc1ccc(C(CBr)OC)cc1. The number of alkyl halides is 1. The lowest BCUT2D eigenvalue weighted by atomic mass is 10.1. The van der Waals surface area contributed by atoms with Crippen LogP contribution in [0.2, 0.25) is 0 Å². The third-order valence-corrected chi connectivity index (χ3v) is 2.50. The normalized spacial score (nSPS) is 12.5. The van der Waals surface area contributed by atoms with Gasteiger partial charge >= 0.3 is 0 Å². The van der Waals surface area contributed by atoms with E-state index in [1.165, 1.54) is 0 Å². The topological polar surface area (TPSA) is 18.5 Å². The lowest BCUT2D eigenvalue weighted by Gasteiger charge is -2.12. The quantitative estimate of drug-likeness (QED) is 0.759. The Morgan fingerprint density at radius 2 is 1.85 bits per heavy atom. The molecule has 1 rings (SSSR count). The summed E-state index contributed by atoms with van der Waals surface area (Å²) in [6.45, 7) is 0. The predicted octanol–water partition coefficient (Wildman–Crippen LogP) is 2.78. The van der Waals surface area contributed by atoms with Gasteiger partial charge in [-0.25, -0.2) is 0 Å². The Kier molecular flexibility index (Phi) is 4.25. The lowest BCUT2D eigenvalue weighted by molar-refractivity contribution is 0.124. The van der Waals surface area contributed by atoms with Crippen LogP contribution >= 0.6 is 15.9 Å². The lowest BCUT2D eigenvalue weighted by Crippen LogP contribution is -2.02. The Hall–Kier alpha value is -0.540. The summed E-state index contributed by atoms with van der Waals surface area (Å²) in [5, 5.41) is 0.801. The highest BCUT2D eigenvalue weighted by molar-refractivity contribution is 9.09. The van der Waals surface area contributed by atoms with E-state index in [1.54, 1.807) is 14.2 Å². The zero-order valence-electron chi connectivity index (χ0n) is 7.79. The number of ether oxygens (including phenoxy) is 2. The molecular formula is C10H13BrO2. The van der Waals surface area contributed by atoms with Gasteiger partial charge in [0.2, 0.25) is 0 Å². The van der Waals surface area contributed by atoms with Gasteiger partial charge in [0, 0.05) is 12.4 Å². The Morgan fingerprint density at radius 1 is 1.23 bits per heavy atom. The molecule has 1 aromatic rings. The van der Waals surface area contributed by atoms with Gasteiger partial charge in [-0.15, -0.1) is 0 Å². The molecule has 13 heavy (non-hydrogen) atoms. The Balaban J connectivity index is 2.78. The van der Waals surface area contributed by atoms with E-state index in [2.05, 4.69) is 15.9 Å². The molecule has 0 aliphatic carbocycles. The molecule has 0 saturated carbocycles. The van der Waals surface area contributed by atoms with Crippen molar-refractivity contribution in [2.24, 2.45) is 0 Å². The first-order chi connectivity index (χ1) is 6.31. The molecule has 72 valence electrons. The van der Waals surface area contributed by atoms with Gasteiger partial charge in [0.05, 0.1) is 13.2 Å². The zero-order valence-corrected chi connectivity index (χ0v) is 9.37. The number of hydrogen-bond acceptors (Lipinski definition) is 2. The first-order valence-electron chi connectivity index (χ1n) is 4.04. The molecule has 0 N–H and O–H groups in total. The highest BCUT2D eigenvalue weighted by Gasteiger charge is 2.07. The van der Waals surface area contributed by atoms with E-state index in [1.807, 2.05) is 24.3 Å². The van der Waals surface area contributed by atoms with Crippen LogP contribution in [-0.4, -0.2) is 19.5 Å². The maximum absolute atomic E-state index is 5.27. The average molecular weight is 245 g/mol. The number of rotatable bonds is 4. The summed E-state index contributed by atoms with van der Waals surface area (Å²) in [5.41, 5.74) is 1.15. The van der Waals surface area contributed by atoms with Crippen molar-refractivity contribution in [1.29, 1.82) is 0 Å². The van der Waals surface area contributed by atoms with Crippen molar-refractivity contribution in [1.82, 2.24) is 0 Å². The molecule has 2 nitrogen and oxygen atoms in total. The summed E-state index contributed by atoms with van der Waals surface area (Å²) < 4.78 is 10.3. The minimum atomic E-state index is 0.117. The van der Waals surface area contributed by atoms with Crippen molar-refractivity contribution < 1.29 is 9.47 Å². The van der Waals surface area contributed by atoms with Crippen LogP contribution in [0.15, 0.2) is 24.3 Å². The second-order valence-corrected chi connectivity index (χ2v) is 3.30. The van der Waals surface area contributed by atoms with Crippen LogP contribution in [0.5, 0.6) is 5.75 Å². The number of hydrogen-bond donors (Lipinski definition) is 0. The van der Waals surface area contributed by atoms with Gasteiger partial charge in [-0.05, 0) is 17.7 Å². The van der Waals surface area contributed by atoms with Gasteiger partial charge in [0.1, 0.15) is 5.75 Å². The molecule has 1 unspecified atom stereocenters. The zero-order chi connectivity index (χ0) is 9.68. The predicted molar refractivity (Wildman–Crippen MR) is 56.5 cm³/mol. The van der Waals surface area contributed by atoms with E-state index in [4.69, 9.17) is 9.47 Å². The monoisotopic (exact) mass is 244 g/mol. The van der Waals surface area contributed by atoms with Gasteiger partial charge in [-0.2, -0.15) is 0 Å². The molecular weight excluding hydrogens is 232 g/mol. The molecule has 0 saturated heterocycles. The minimum absolute atomic E-state index is 0.117. The van der Waals surface area contributed by atoms with Gasteiger partial charge in [-0.1, -0.05) is 28.1 Å². The van der Waals surface area contributed by atoms with E-state index in [9.17, 15) is 0 Å². The fourth-order valence-electron chi connectivity index (χ4n) is 1.11. The van der Waals surface area contributed by atoms with Gasteiger partial charge in [0.15, 0.2) is 0 Å². The first kappa shape index (κ1) is 10.5. The van der Waals surface area contributed by atoms with E-state index in [0.29, 0.717) is 0 Å². The van der Waals surface area contributed by atoms with E-state index >= 15 is 0 Å². The van der Waals surface area contributed by atoms with Crippen molar-refractivity contribution >= 4 is 15.9 Å². The van der Waals surface area contributed by atoms with Gasteiger partial charge in [-0.3, -0.25) is 0 Å². The molecule has 0 heterocycles. The molecule has 3 heteroatoms. The fourth-order valence-corrected chi connectivity index (χ4v) is 1.74. The highest BCUT2D eigenvalue weighted by Crippen LogP contribution is 2.21. The van der Waals surface area contributed by atoms with Crippen LogP contribution in [0.4, 0.5) is 0 Å². The molecule has 0 aliphatic rings. The summed E-state index contributed by atoms with van der Waals surface area (Å²) >= 11 is 3.39. The summed E-state index contributed by atoms with van der Waals surface area (Å²) in [7, 11) is 3.36. The van der Waals surface area contributed by atoms with E-state index in [-0.39, 0.29) is 6.10 Å². The van der Waals surface area contributed by atoms with Crippen LogP contribution < -0.4 is 4.74 Å². The van der Waals surface area contributed by atoms with Crippen molar-refractivity contribution in [3.05, 3.63) is 29.8 Å². The van der Waals surface area contributed by atoms with Crippen LogP contribution in [0.1, 0.15) is 11.7 Å². The Morgan fingerprint density at radius 3 is 2.23 bits per heavy atom. The molecule has 1 aromatic carbocycles. The summed E-state index contributed by atoms with van der Waals surface area (Å²) in [6, 6.07) is 7.89. The second kappa shape index (κ2) is 5.25. The van der Waals surface area contributed by atoms with Crippen molar-refractivity contribution in [2.45, 2.75) is 6.10 Å². The van der Waals surface area contributed by atoms with Gasteiger partial charge < -0.3 is 9.47 Å². The van der Waals surface area contributed by atoms with Crippen LogP contribution in [-0.2, 0) is 4.74 Å². The van der Waals surface area contributed by atoms with Gasteiger partial charge in [0.25, 0.3) is 0 Å². The Labute approximate surface area is 87.0 Å². The molecule has 0 fully saturated rings. The summed E-state index contributed by atoms with van der Waals surface area (Å²) in [5.74, 6) is 0.869. The largest absolute Gasteiger partial charge is 0.497 e. The number of halogens is 1. The number of benzene rings is 1. The van der Waals surface area contributed by atoms with E-state index in [0.717, 1.165) is 16.6 Å². The maximum atomic E-state index is 5.27. The first-order valence-corrected chi connectivity index (χ1v) is 5.16. The molecule has 0 bridgehead atoms. The second-order valence-electron chi connectivity index (χ2n) is 2.65. The molecule has 0 spiro atoms. The standard InChI is InChI=1S/C10H13BrO2/c1-12-9-5-3-8(4-6-9)10(7-11)13-2/h3-6,10H,7H2,1-2H3. The smallest absolute Gasteiger partial charge is 0.118 e. The molecule has 0 aliphatic heterocycles. The third-order valence-electron chi connectivity index (χ3n) is 1.91. The minimum Gasteiger partial charge on any atom is -0.497 e. The highest BCUT2D eigenvalue weighted by atomic mass is 79.9. The molecule has 0 radical (unpaired) electrons. The fraction of sp³-hybridized carbons (Fsp3) is 0.400. The van der Waals surface area contributed by atoms with Crippen LogP contribution in [0.3, 0.4) is 0 Å². The molecule has 1 atom stereocenters. The number of methoxy groups -OCH3 is 2. The summed E-state index contributed by atoms with van der Waals surface area (Å²) in [4.78, 5) is 0. The van der Waals surface area contributed by atoms with Crippen LogP contribution in [0.25, 0.3) is 0 Å². The summed E-state index contributed by atoms with van der Waals surface area (Å²) in [6.07, 6.45) is 0.117. The van der Waals surface area contributed by atoms with Crippen LogP contribution in [0, 0.1) is 0 Å². The average Bonchev–Trinajstić information content (AvgIpc) is 2.21. The maximum Gasteiger partial charge on any atom is 0.118 e. The Bertz CT molecular complexity index is 242. The third kappa shape index (κ3) is 2.71. The van der Waals surface area contributed by atoms with E-state index < -0.39 is 0 Å². The molecule has 0 amide bonds. The van der Waals surface area contributed by atoms with Crippen molar-refractivity contribution in [3.8, 4) is 5.75 Å². The van der Waals surface area contributed by atoms with Crippen molar-refractivity contribution in [3.63, 3.8) is 0 Å². The molecule has 0 aromatic heterocycles. The van der Waals surface area contributed by atoms with Crippen molar-refractivity contribution in [2.75, 3.05) is 19.5 Å².